The molecule has 3 heterocycles. The fourth-order valence-electron chi connectivity index (χ4n) is 7.29. The molecule has 0 radical (unpaired) electrons. The lowest BCUT2D eigenvalue weighted by atomic mass is 9.83. The van der Waals surface area contributed by atoms with Crippen LogP contribution in [0, 0.1) is 15.0 Å². The summed E-state index contributed by atoms with van der Waals surface area (Å²) in [5, 5.41) is 24.3. The second-order valence-electron chi connectivity index (χ2n) is 14.0. The molecule has 0 bridgehead atoms. The first-order chi connectivity index (χ1) is 25.8. The molecule has 14 heteroatoms. The molecule has 0 amide bonds. The van der Waals surface area contributed by atoms with Crippen LogP contribution >= 0.6 is 24.4 Å². The number of benzene rings is 3. The Labute approximate surface area is 323 Å². The van der Waals surface area contributed by atoms with Gasteiger partial charge in [-0.2, -0.15) is 0 Å². The number of aromatic nitrogens is 4. The SMILES string of the molecule is CCOc1ccc(-n2c(O)c(C(c3ccc(OC)c(CN4CCCC(C)(C)C4)c3)c3c(O)n(-c4ccc(OCC)cc4)c(=S)[nH]c3=O)c(=O)[nH]c2=S)cc1. The van der Waals surface area contributed by atoms with Gasteiger partial charge in [-0.1, -0.05) is 19.9 Å². The molecular weight excluding hydrogens is 727 g/mol. The minimum Gasteiger partial charge on any atom is -0.496 e. The van der Waals surface area contributed by atoms with Gasteiger partial charge in [-0.05, 0) is 129 Å². The van der Waals surface area contributed by atoms with Gasteiger partial charge in [0.2, 0.25) is 11.8 Å². The number of ether oxygens (including phenoxy) is 3. The van der Waals surface area contributed by atoms with E-state index in [0.29, 0.717) is 53.9 Å². The average molecular weight is 772 g/mol. The number of nitrogens with zero attached hydrogens (tertiary/aromatic N) is 3. The highest BCUT2D eigenvalue weighted by molar-refractivity contribution is 7.71. The summed E-state index contributed by atoms with van der Waals surface area (Å²) >= 11 is 11.1. The molecule has 284 valence electrons. The van der Waals surface area contributed by atoms with Crippen LogP contribution in [-0.4, -0.2) is 67.6 Å². The zero-order valence-electron chi connectivity index (χ0n) is 31.0. The molecule has 1 aliphatic rings. The van der Waals surface area contributed by atoms with Crippen LogP contribution < -0.4 is 25.3 Å². The first-order valence-corrected chi connectivity index (χ1v) is 18.7. The Morgan fingerprint density at radius 3 is 1.74 bits per heavy atom. The molecule has 1 aliphatic heterocycles. The Morgan fingerprint density at radius 2 is 1.30 bits per heavy atom. The molecule has 0 unspecified atom stereocenters. The highest BCUT2D eigenvalue weighted by Crippen LogP contribution is 2.40. The number of aromatic hydroxyl groups is 2. The predicted molar refractivity (Wildman–Crippen MR) is 212 cm³/mol. The summed E-state index contributed by atoms with van der Waals surface area (Å²) in [6.45, 7) is 11.5. The minimum absolute atomic E-state index is 0.0733. The predicted octanol–water partition coefficient (Wildman–Crippen LogP) is 7.12. The molecule has 0 spiro atoms. The Hall–Kier alpha value is -5.18. The Morgan fingerprint density at radius 1 is 0.796 bits per heavy atom. The summed E-state index contributed by atoms with van der Waals surface area (Å²) in [4.78, 5) is 36.0. The zero-order chi connectivity index (χ0) is 38.7. The van der Waals surface area contributed by atoms with Crippen LogP contribution in [0.25, 0.3) is 11.4 Å². The number of H-pyrrole nitrogens is 2. The van der Waals surface area contributed by atoms with Gasteiger partial charge in [0.1, 0.15) is 17.2 Å². The van der Waals surface area contributed by atoms with E-state index in [0.717, 1.165) is 31.5 Å². The number of hydrogen-bond donors (Lipinski definition) is 4. The normalized spacial score (nSPS) is 14.3. The summed E-state index contributed by atoms with van der Waals surface area (Å²) < 4.78 is 19.5. The van der Waals surface area contributed by atoms with E-state index in [1.54, 1.807) is 67.8 Å². The third-order valence-electron chi connectivity index (χ3n) is 9.64. The molecule has 12 nitrogen and oxygen atoms in total. The van der Waals surface area contributed by atoms with Gasteiger partial charge in [0.05, 0.1) is 48.7 Å². The van der Waals surface area contributed by atoms with Gasteiger partial charge >= 0.3 is 0 Å². The first-order valence-electron chi connectivity index (χ1n) is 17.9. The largest absolute Gasteiger partial charge is 0.496 e. The number of likely N-dealkylation sites (tertiary alicyclic amines) is 1. The fourth-order valence-corrected chi connectivity index (χ4v) is 7.86. The van der Waals surface area contributed by atoms with Crippen LogP contribution in [-0.2, 0) is 6.54 Å². The molecule has 4 N–H and O–H groups in total. The van der Waals surface area contributed by atoms with Crippen LogP contribution in [0.15, 0.2) is 76.3 Å². The van der Waals surface area contributed by atoms with Crippen molar-refractivity contribution in [2.45, 2.75) is 53.0 Å². The number of hydrogen-bond acceptors (Lipinski definition) is 10. The summed E-state index contributed by atoms with van der Waals surface area (Å²) in [6, 6.07) is 19.0. The fraction of sp³-hybridized carbons (Fsp3) is 0.350. The monoisotopic (exact) mass is 771 g/mol. The van der Waals surface area contributed by atoms with Crippen molar-refractivity contribution in [3.05, 3.63) is 119 Å². The Kier molecular flexibility index (Phi) is 11.5. The van der Waals surface area contributed by atoms with Crippen LogP contribution in [0.1, 0.15) is 68.7 Å². The van der Waals surface area contributed by atoms with Crippen LogP contribution in [0.4, 0.5) is 0 Å². The van der Waals surface area contributed by atoms with E-state index in [2.05, 4.69) is 28.7 Å². The van der Waals surface area contributed by atoms with Crippen LogP contribution in [0.5, 0.6) is 29.0 Å². The molecule has 0 atom stereocenters. The standard InChI is InChI=1S/C40H45N5O7S2/c1-6-51-28-14-10-26(11-15-28)44-36(48)32(34(46)41-38(44)53)31(24-9-18-30(50-5)25(21-24)22-43-20-8-19-40(3,4)23-43)33-35(47)42-39(54)45(37(33)49)27-12-16-29(17-13-27)52-7-2/h9-18,21,31,48-49H,6-8,19-20,22-23H2,1-5H3,(H,41,46,53)(H,42,47,54). The Balaban J connectivity index is 1.61. The minimum atomic E-state index is -1.32. The van der Waals surface area contributed by atoms with Crippen molar-refractivity contribution in [3.8, 4) is 40.4 Å². The summed E-state index contributed by atoms with van der Waals surface area (Å²) in [7, 11) is 1.59. The molecule has 1 saturated heterocycles. The van der Waals surface area contributed by atoms with Gasteiger partial charge < -0.3 is 24.4 Å². The van der Waals surface area contributed by atoms with E-state index in [1.807, 2.05) is 19.9 Å². The van der Waals surface area contributed by atoms with E-state index in [4.69, 9.17) is 38.6 Å². The smallest absolute Gasteiger partial charge is 0.259 e. The van der Waals surface area contributed by atoms with Gasteiger partial charge in [0.25, 0.3) is 11.1 Å². The second kappa shape index (κ2) is 16.0. The van der Waals surface area contributed by atoms with Crippen molar-refractivity contribution in [2.75, 3.05) is 33.4 Å². The quantitative estimate of drug-likeness (QED) is 0.0967. The molecule has 54 heavy (non-hydrogen) atoms. The number of methoxy groups -OCH3 is 1. The highest BCUT2D eigenvalue weighted by Gasteiger charge is 2.34. The van der Waals surface area contributed by atoms with Gasteiger partial charge in [-0.25, -0.2) is 0 Å². The Bertz CT molecular complexity index is 2250. The lowest BCUT2D eigenvalue weighted by Gasteiger charge is -2.38. The number of piperidine rings is 1. The zero-order valence-corrected chi connectivity index (χ0v) is 32.6. The van der Waals surface area contributed by atoms with Crippen LogP contribution in [0.2, 0.25) is 0 Å². The number of aromatic amines is 2. The third-order valence-corrected chi connectivity index (χ3v) is 10.2. The van der Waals surface area contributed by atoms with E-state index >= 15 is 0 Å². The molecule has 1 fully saturated rings. The molecule has 2 aromatic heterocycles. The lowest BCUT2D eigenvalue weighted by Crippen LogP contribution is -2.39. The molecule has 5 aromatic rings. The molecule has 0 aliphatic carbocycles. The van der Waals surface area contributed by atoms with E-state index in [9.17, 15) is 19.8 Å². The van der Waals surface area contributed by atoms with Crippen molar-refractivity contribution in [3.63, 3.8) is 0 Å². The number of nitrogens with one attached hydrogen (secondary N) is 2. The maximum Gasteiger partial charge on any atom is 0.259 e. The van der Waals surface area contributed by atoms with Crippen molar-refractivity contribution in [1.82, 2.24) is 24.0 Å². The highest BCUT2D eigenvalue weighted by atomic mass is 32.1. The number of rotatable bonds is 12. The van der Waals surface area contributed by atoms with Gasteiger partial charge in [-0.15, -0.1) is 0 Å². The lowest BCUT2D eigenvalue weighted by molar-refractivity contribution is 0.111. The van der Waals surface area contributed by atoms with Gasteiger partial charge in [0, 0.05) is 18.7 Å². The maximum atomic E-state index is 14.1. The van der Waals surface area contributed by atoms with Gasteiger partial charge in [0.15, 0.2) is 9.54 Å². The summed E-state index contributed by atoms with van der Waals surface area (Å²) in [5.74, 6) is -0.514. The summed E-state index contributed by atoms with van der Waals surface area (Å²) in [6.07, 6.45) is 2.16. The van der Waals surface area contributed by atoms with E-state index < -0.39 is 28.8 Å². The van der Waals surface area contributed by atoms with E-state index in [1.165, 1.54) is 9.13 Å². The van der Waals surface area contributed by atoms with Crippen molar-refractivity contribution in [2.24, 2.45) is 5.41 Å². The molecule has 0 saturated carbocycles. The second-order valence-corrected chi connectivity index (χ2v) is 14.8. The molecule has 3 aromatic carbocycles. The van der Waals surface area contributed by atoms with Gasteiger partial charge in [-0.3, -0.25) is 33.6 Å². The summed E-state index contributed by atoms with van der Waals surface area (Å²) in [5.41, 5.74) is 0.324. The topological polar surface area (TPSA) is 147 Å². The molecular formula is C40H45N5O7S2. The third kappa shape index (κ3) is 7.86. The van der Waals surface area contributed by atoms with E-state index in [-0.39, 0.29) is 26.1 Å². The van der Waals surface area contributed by atoms with Crippen LogP contribution in [0.3, 0.4) is 0 Å². The van der Waals surface area contributed by atoms with Crippen molar-refractivity contribution >= 4 is 24.4 Å². The first kappa shape index (κ1) is 38.5. The van der Waals surface area contributed by atoms with Crippen molar-refractivity contribution in [1.29, 1.82) is 0 Å². The average Bonchev–Trinajstić information content (AvgIpc) is 3.12. The molecule has 6 rings (SSSR count). The maximum absolute atomic E-state index is 14.1. The van der Waals surface area contributed by atoms with Crippen molar-refractivity contribution < 1.29 is 24.4 Å².